The van der Waals surface area contributed by atoms with Crippen molar-refractivity contribution in [1.82, 2.24) is 0 Å². The van der Waals surface area contributed by atoms with Gasteiger partial charge in [-0.1, -0.05) is 211 Å². The van der Waals surface area contributed by atoms with Crippen LogP contribution in [0.4, 0.5) is 17.1 Å². The highest BCUT2D eigenvalue weighted by Gasteiger charge is 2.36. The van der Waals surface area contributed by atoms with Gasteiger partial charge in [-0.15, -0.1) is 0 Å². The van der Waals surface area contributed by atoms with Gasteiger partial charge in [-0.25, -0.2) is 0 Å². The summed E-state index contributed by atoms with van der Waals surface area (Å²) in [5.74, 6) is 0. The van der Waals surface area contributed by atoms with Gasteiger partial charge in [-0.3, -0.25) is 0 Å². The summed E-state index contributed by atoms with van der Waals surface area (Å²) >= 11 is 0. The summed E-state index contributed by atoms with van der Waals surface area (Å²) in [7, 11) is 0. The molecule has 11 aromatic rings. The highest BCUT2D eigenvalue weighted by atomic mass is 16.3. The molecule has 0 bridgehead atoms. The maximum Gasteiger partial charge on any atom is 0.136 e. The lowest BCUT2D eigenvalue weighted by Crippen LogP contribution is -2.16. The summed E-state index contributed by atoms with van der Waals surface area (Å²) in [5, 5.41) is 4.61. The van der Waals surface area contributed by atoms with Crippen molar-refractivity contribution in [3.63, 3.8) is 0 Å². The fraction of sp³-hybridized carbons (Fsp3) is 0.108. The monoisotopic (exact) mass is 861 g/mol. The van der Waals surface area contributed by atoms with Gasteiger partial charge in [0, 0.05) is 33.0 Å². The lowest BCUT2D eigenvalue weighted by atomic mass is 9.82. The summed E-state index contributed by atoms with van der Waals surface area (Å²) in [5.41, 5.74) is 20.9. The molecule has 0 fully saturated rings. The first-order chi connectivity index (χ1) is 32.6. The van der Waals surface area contributed by atoms with Crippen molar-refractivity contribution >= 4 is 49.8 Å². The van der Waals surface area contributed by atoms with Crippen LogP contribution in [0.1, 0.15) is 51.3 Å². The van der Waals surface area contributed by atoms with Crippen molar-refractivity contribution in [2.24, 2.45) is 0 Å². The lowest BCUT2D eigenvalue weighted by molar-refractivity contribution is 0.590. The molecule has 0 unspecified atom stereocenters. The first-order valence-electron chi connectivity index (χ1n) is 23.5. The molecule has 0 amide bonds. The highest BCUT2D eigenvalue weighted by molar-refractivity contribution is 6.16. The Hall–Kier alpha value is -7.94. The third kappa shape index (κ3) is 6.70. The second kappa shape index (κ2) is 15.6. The van der Waals surface area contributed by atoms with Crippen LogP contribution in [0.15, 0.2) is 223 Å². The number of hydrogen-bond donors (Lipinski definition) is 0. The molecule has 0 N–H and O–H groups in total. The molecule has 12 rings (SSSR count). The van der Waals surface area contributed by atoms with Crippen molar-refractivity contribution < 1.29 is 4.42 Å². The zero-order valence-electron chi connectivity index (χ0n) is 38.6. The van der Waals surface area contributed by atoms with Crippen LogP contribution in [-0.4, -0.2) is 0 Å². The van der Waals surface area contributed by atoms with Gasteiger partial charge in [0.15, 0.2) is 0 Å². The van der Waals surface area contributed by atoms with E-state index in [2.05, 4.69) is 252 Å². The minimum atomic E-state index is -0.125. The Bertz CT molecular complexity index is 3700. The lowest BCUT2D eigenvalue weighted by Gasteiger charge is -2.32. The smallest absolute Gasteiger partial charge is 0.136 e. The van der Waals surface area contributed by atoms with Gasteiger partial charge in [0.2, 0.25) is 0 Å². The van der Waals surface area contributed by atoms with Crippen molar-refractivity contribution in [1.29, 1.82) is 0 Å². The van der Waals surface area contributed by atoms with E-state index in [1.807, 2.05) is 6.07 Å². The molecule has 1 aliphatic carbocycles. The molecule has 67 heavy (non-hydrogen) atoms. The highest BCUT2D eigenvalue weighted by Crippen LogP contribution is 2.54. The first kappa shape index (κ1) is 40.6. The molecule has 0 atom stereocenters. The number of benzene rings is 10. The molecule has 0 saturated heterocycles. The van der Waals surface area contributed by atoms with E-state index >= 15 is 0 Å². The zero-order chi connectivity index (χ0) is 45.4. The van der Waals surface area contributed by atoms with Crippen LogP contribution >= 0.6 is 0 Å². The average molecular weight is 862 g/mol. The van der Waals surface area contributed by atoms with E-state index in [1.54, 1.807) is 0 Å². The minimum Gasteiger partial charge on any atom is -0.456 e. The topological polar surface area (TPSA) is 16.4 Å². The molecule has 10 aromatic carbocycles. The number of hydrogen-bond acceptors (Lipinski definition) is 2. The second-order valence-corrected chi connectivity index (χ2v) is 19.7. The maximum atomic E-state index is 6.49. The molecule has 0 saturated carbocycles. The first-order valence-corrected chi connectivity index (χ1v) is 23.5. The molecule has 0 radical (unpaired) electrons. The van der Waals surface area contributed by atoms with E-state index in [4.69, 9.17) is 4.42 Å². The molecule has 1 heterocycles. The van der Waals surface area contributed by atoms with Crippen LogP contribution in [0.3, 0.4) is 0 Å². The largest absolute Gasteiger partial charge is 0.456 e. The van der Waals surface area contributed by atoms with Gasteiger partial charge in [0.25, 0.3) is 0 Å². The van der Waals surface area contributed by atoms with Gasteiger partial charge >= 0.3 is 0 Å². The van der Waals surface area contributed by atoms with Crippen LogP contribution in [-0.2, 0) is 10.8 Å². The van der Waals surface area contributed by atoms with Crippen molar-refractivity contribution in [2.75, 3.05) is 4.90 Å². The number of rotatable bonds is 7. The number of para-hydroxylation sites is 1. The molecule has 0 aliphatic heterocycles. The number of fused-ring (bicyclic) bond motifs is 7. The molecule has 0 spiro atoms. The van der Waals surface area contributed by atoms with Crippen LogP contribution < -0.4 is 4.90 Å². The minimum absolute atomic E-state index is 0.0681. The summed E-state index contributed by atoms with van der Waals surface area (Å²) in [6.45, 7) is 11.5. The maximum absolute atomic E-state index is 6.49. The standard InChI is InChI=1S/C65H51NO/c1-64(2,3)46-34-30-42(31-35-46)45-33-38-58(54(40-45)43-18-7-6-8-19-43)66(47-36-37-57-55(41-47)50-23-13-15-27-56(50)65(57,4)5)59-39-32-44-20-9-10-21-48(44)62(59)51-24-12-11-22-49(51)52-26-17-29-61-63(52)53-25-14-16-28-60(53)67-61/h6-41H,1-5H3. The van der Waals surface area contributed by atoms with Gasteiger partial charge in [-0.2, -0.15) is 0 Å². The van der Waals surface area contributed by atoms with E-state index in [-0.39, 0.29) is 10.8 Å². The predicted octanol–water partition coefficient (Wildman–Crippen LogP) is 18.5. The molecule has 1 aromatic heterocycles. The second-order valence-electron chi connectivity index (χ2n) is 19.7. The van der Waals surface area contributed by atoms with Crippen molar-refractivity contribution in [3.05, 3.63) is 235 Å². The molecule has 2 heteroatoms. The van der Waals surface area contributed by atoms with E-state index < -0.39 is 0 Å². The Morgan fingerprint density at radius 2 is 1.03 bits per heavy atom. The van der Waals surface area contributed by atoms with Crippen LogP contribution in [0, 0.1) is 0 Å². The summed E-state index contributed by atoms with van der Waals surface area (Å²) in [4.78, 5) is 2.54. The van der Waals surface area contributed by atoms with Gasteiger partial charge < -0.3 is 9.32 Å². The third-order valence-corrected chi connectivity index (χ3v) is 14.3. The van der Waals surface area contributed by atoms with Crippen molar-refractivity contribution in [3.8, 4) is 55.6 Å². The Labute approximate surface area is 393 Å². The zero-order valence-corrected chi connectivity index (χ0v) is 38.6. The number of furan rings is 1. The normalized spacial score (nSPS) is 13.0. The van der Waals surface area contributed by atoms with Gasteiger partial charge in [0.1, 0.15) is 11.2 Å². The van der Waals surface area contributed by atoms with Crippen LogP contribution in [0.2, 0.25) is 0 Å². The summed E-state index contributed by atoms with van der Waals surface area (Å²) < 4.78 is 6.49. The van der Waals surface area contributed by atoms with Gasteiger partial charge in [-0.05, 0) is 120 Å². The molecule has 322 valence electrons. The number of anilines is 3. The van der Waals surface area contributed by atoms with E-state index in [0.29, 0.717) is 0 Å². The fourth-order valence-corrected chi connectivity index (χ4v) is 10.8. The fourth-order valence-electron chi connectivity index (χ4n) is 10.8. The molecule has 2 nitrogen and oxygen atoms in total. The van der Waals surface area contributed by atoms with E-state index in [9.17, 15) is 0 Å². The summed E-state index contributed by atoms with van der Waals surface area (Å²) in [6.07, 6.45) is 0. The Morgan fingerprint density at radius 3 is 1.84 bits per heavy atom. The van der Waals surface area contributed by atoms with Crippen LogP contribution in [0.25, 0.3) is 88.3 Å². The SMILES string of the molecule is CC(C)(C)c1ccc(-c2ccc(N(c3ccc4c(c3)-c3ccccc3C4(C)C)c3ccc4ccccc4c3-c3ccccc3-c3cccc4oc5ccccc5c34)c(-c3ccccc3)c2)cc1. The average Bonchev–Trinajstić information content (AvgIpc) is 3.86. The molecule has 1 aliphatic rings. The van der Waals surface area contributed by atoms with Gasteiger partial charge in [0.05, 0.1) is 11.4 Å². The summed E-state index contributed by atoms with van der Waals surface area (Å²) in [6, 6.07) is 80.6. The quantitative estimate of drug-likeness (QED) is 0.159. The Kier molecular flexibility index (Phi) is 9.45. The molecular formula is C65H51NO. The van der Waals surface area contributed by atoms with E-state index in [0.717, 1.165) is 66.8 Å². The van der Waals surface area contributed by atoms with Crippen LogP contribution in [0.5, 0.6) is 0 Å². The van der Waals surface area contributed by atoms with Crippen molar-refractivity contribution in [2.45, 2.75) is 45.4 Å². The van der Waals surface area contributed by atoms with E-state index in [1.165, 1.54) is 55.3 Å². The number of nitrogens with zero attached hydrogens (tertiary/aromatic N) is 1. The molecular weight excluding hydrogens is 811 g/mol. The third-order valence-electron chi connectivity index (χ3n) is 14.3. The predicted molar refractivity (Wildman–Crippen MR) is 284 cm³/mol. The Balaban J connectivity index is 1.16. The Morgan fingerprint density at radius 1 is 0.403 bits per heavy atom.